The second kappa shape index (κ2) is 22.9. The average Bonchev–Trinajstić information content (AvgIpc) is 2.71. The maximum Gasteiger partial charge on any atom is 0.330 e. The molecule has 0 heterocycles. The predicted molar refractivity (Wildman–Crippen MR) is 133 cm³/mol. The number of aliphatic carboxylic acids is 1. The second-order valence-electron chi connectivity index (χ2n) is 9.91. The summed E-state index contributed by atoms with van der Waals surface area (Å²) in [6.45, 7) is 8.24. The fourth-order valence-electron chi connectivity index (χ4n) is 4.18. The van der Waals surface area contributed by atoms with Gasteiger partial charge in [0.15, 0.2) is 0 Å². The zero-order chi connectivity index (χ0) is 22.3. The Morgan fingerprint density at radius 2 is 0.833 bits per heavy atom. The first kappa shape index (κ1) is 29.2. The smallest absolute Gasteiger partial charge is 0.330 e. The van der Waals surface area contributed by atoms with Crippen LogP contribution in [0.25, 0.3) is 0 Å². The van der Waals surface area contributed by atoms with Crippen LogP contribution in [-0.4, -0.2) is 11.1 Å². The van der Waals surface area contributed by atoms with Gasteiger partial charge in [-0.1, -0.05) is 149 Å². The van der Waals surface area contributed by atoms with E-state index in [-0.39, 0.29) is 0 Å². The van der Waals surface area contributed by atoms with Crippen LogP contribution in [0.3, 0.4) is 0 Å². The fraction of sp³-hybridized carbons (Fsp3) is 0.893. The van der Waals surface area contributed by atoms with Crippen molar-refractivity contribution in [2.45, 2.75) is 155 Å². The summed E-state index contributed by atoms with van der Waals surface area (Å²) in [5.41, 5.74) is 0.359. The normalized spacial score (nSPS) is 11.3. The Labute approximate surface area is 189 Å². The van der Waals surface area contributed by atoms with E-state index in [1.165, 1.54) is 122 Å². The quantitative estimate of drug-likeness (QED) is 0.124. The number of carboxylic acids is 1. The molecule has 0 bridgehead atoms. The number of unbranched alkanes of at least 4 members (excludes halogenated alkanes) is 19. The van der Waals surface area contributed by atoms with Gasteiger partial charge in [-0.25, -0.2) is 4.79 Å². The lowest BCUT2D eigenvalue weighted by Gasteiger charge is -2.05. The summed E-state index contributed by atoms with van der Waals surface area (Å²) in [4.78, 5) is 10.7. The zero-order valence-corrected chi connectivity index (χ0v) is 20.7. The summed E-state index contributed by atoms with van der Waals surface area (Å²) < 4.78 is 0. The Bertz CT molecular complexity index is 386. The highest BCUT2D eigenvalue weighted by Crippen LogP contribution is 2.16. The summed E-state index contributed by atoms with van der Waals surface area (Å²) in [7, 11) is 0. The SMILES string of the molecule is C=C(CCCCCCCCCCCCCCCCCCCCCCC(C)C)C(=O)O. The minimum atomic E-state index is -0.840. The van der Waals surface area contributed by atoms with Gasteiger partial charge >= 0.3 is 5.97 Å². The highest BCUT2D eigenvalue weighted by molar-refractivity contribution is 5.85. The van der Waals surface area contributed by atoms with E-state index in [1.807, 2.05) is 0 Å². The number of carbonyl (C=O) groups is 1. The van der Waals surface area contributed by atoms with Crippen LogP contribution < -0.4 is 0 Å². The van der Waals surface area contributed by atoms with Crippen molar-refractivity contribution >= 4 is 5.97 Å². The van der Waals surface area contributed by atoms with Crippen molar-refractivity contribution in [2.24, 2.45) is 5.92 Å². The molecule has 0 aromatic heterocycles. The van der Waals surface area contributed by atoms with Crippen LogP contribution in [0.1, 0.15) is 155 Å². The lowest BCUT2D eigenvalue weighted by molar-refractivity contribution is -0.132. The van der Waals surface area contributed by atoms with Crippen molar-refractivity contribution in [2.75, 3.05) is 0 Å². The molecule has 2 nitrogen and oxygen atoms in total. The number of hydrogen-bond donors (Lipinski definition) is 1. The summed E-state index contributed by atoms with van der Waals surface area (Å²) >= 11 is 0. The van der Waals surface area contributed by atoms with E-state index >= 15 is 0 Å². The molecule has 178 valence electrons. The van der Waals surface area contributed by atoms with Gasteiger partial charge in [0.1, 0.15) is 0 Å². The van der Waals surface area contributed by atoms with Crippen molar-refractivity contribution in [3.8, 4) is 0 Å². The molecule has 0 saturated heterocycles. The Morgan fingerprint density at radius 1 is 0.567 bits per heavy atom. The molecular weight excluding hydrogens is 368 g/mol. The molecule has 0 spiro atoms. The number of rotatable bonds is 24. The van der Waals surface area contributed by atoms with Gasteiger partial charge in [-0.15, -0.1) is 0 Å². The maximum atomic E-state index is 10.7. The molecule has 0 radical (unpaired) electrons. The Balaban J connectivity index is 3.07. The predicted octanol–water partition coefficient (Wildman–Crippen LogP) is 9.87. The van der Waals surface area contributed by atoms with Gasteiger partial charge in [-0.2, -0.15) is 0 Å². The average molecular weight is 423 g/mol. The van der Waals surface area contributed by atoms with Crippen LogP contribution in [0.4, 0.5) is 0 Å². The van der Waals surface area contributed by atoms with Crippen LogP contribution in [0, 0.1) is 5.92 Å². The fourth-order valence-corrected chi connectivity index (χ4v) is 4.18. The number of carboxylic acid groups (broad SMARTS) is 1. The molecule has 0 saturated carbocycles. The molecule has 0 rings (SSSR count). The molecule has 0 aliphatic heterocycles. The molecule has 2 heteroatoms. The molecule has 1 N–H and O–H groups in total. The molecule has 30 heavy (non-hydrogen) atoms. The molecule has 0 aromatic carbocycles. The van der Waals surface area contributed by atoms with Crippen molar-refractivity contribution < 1.29 is 9.90 Å². The molecule has 0 atom stereocenters. The summed E-state index contributed by atoms with van der Waals surface area (Å²) in [5, 5.41) is 8.76. The van der Waals surface area contributed by atoms with Crippen LogP contribution in [-0.2, 0) is 4.79 Å². The third-order valence-corrected chi connectivity index (χ3v) is 6.31. The third kappa shape index (κ3) is 23.5. The molecule has 0 unspecified atom stereocenters. The molecule has 0 fully saturated rings. The van der Waals surface area contributed by atoms with Gasteiger partial charge in [0.25, 0.3) is 0 Å². The largest absolute Gasteiger partial charge is 0.478 e. The van der Waals surface area contributed by atoms with Gasteiger partial charge in [-0.3, -0.25) is 0 Å². The highest BCUT2D eigenvalue weighted by Gasteiger charge is 2.02. The lowest BCUT2D eigenvalue weighted by Crippen LogP contribution is -1.98. The maximum absolute atomic E-state index is 10.7. The van der Waals surface area contributed by atoms with Crippen LogP contribution in [0.2, 0.25) is 0 Å². The van der Waals surface area contributed by atoms with E-state index in [2.05, 4.69) is 20.4 Å². The van der Waals surface area contributed by atoms with Crippen molar-refractivity contribution in [3.05, 3.63) is 12.2 Å². The standard InChI is InChI=1S/C28H54O2/c1-26(2)24-22-20-18-16-14-12-10-8-6-4-5-7-9-11-13-15-17-19-21-23-25-27(3)28(29)30/h26H,3-25H2,1-2H3,(H,29,30). The van der Waals surface area contributed by atoms with Crippen molar-refractivity contribution in [1.82, 2.24) is 0 Å². The zero-order valence-electron chi connectivity index (χ0n) is 20.7. The molecule has 0 aliphatic rings. The topological polar surface area (TPSA) is 37.3 Å². The highest BCUT2D eigenvalue weighted by atomic mass is 16.4. The van der Waals surface area contributed by atoms with E-state index in [0.29, 0.717) is 12.0 Å². The number of hydrogen-bond acceptors (Lipinski definition) is 1. The summed E-state index contributed by atoms with van der Waals surface area (Å²) in [6.07, 6.45) is 29.6. The van der Waals surface area contributed by atoms with Crippen LogP contribution >= 0.6 is 0 Å². The molecule has 0 aliphatic carbocycles. The first-order valence-corrected chi connectivity index (χ1v) is 13.4. The van der Waals surface area contributed by atoms with Gasteiger partial charge in [-0.05, 0) is 18.8 Å². The summed E-state index contributed by atoms with van der Waals surface area (Å²) in [5.74, 6) is 0.0410. The van der Waals surface area contributed by atoms with Gasteiger partial charge < -0.3 is 5.11 Å². The lowest BCUT2D eigenvalue weighted by atomic mass is 10.0. The molecular formula is C28H54O2. The first-order valence-electron chi connectivity index (χ1n) is 13.4. The van der Waals surface area contributed by atoms with Crippen LogP contribution in [0.15, 0.2) is 12.2 Å². The Morgan fingerprint density at radius 3 is 1.10 bits per heavy atom. The minimum Gasteiger partial charge on any atom is -0.478 e. The van der Waals surface area contributed by atoms with Crippen molar-refractivity contribution in [3.63, 3.8) is 0 Å². The monoisotopic (exact) mass is 422 g/mol. The van der Waals surface area contributed by atoms with E-state index in [0.717, 1.165) is 18.8 Å². The van der Waals surface area contributed by atoms with E-state index in [4.69, 9.17) is 5.11 Å². The first-order chi connectivity index (χ1) is 14.5. The third-order valence-electron chi connectivity index (χ3n) is 6.31. The van der Waals surface area contributed by atoms with Gasteiger partial charge in [0.2, 0.25) is 0 Å². The molecule has 0 amide bonds. The van der Waals surface area contributed by atoms with Crippen LogP contribution in [0.5, 0.6) is 0 Å². The minimum absolute atomic E-state index is 0.359. The summed E-state index contributed by atoms with van der Waals surface area (Å²) in [6, 6.07) is 0. The van der Waals surface area contributed by atoms with E-state index in [9.17, 15) is 4.79 Å². The molecule has 0 aromatic rings. The van der Waals surface area contributed by atoms with E-state index in [1.54, 1.807) is 0 Å². The van der Waals surface area contributed by atoms with E-state index < -0.39 is 5.97 Å². The Hall–Kier alpha value is -0.790. The second-order valence-corrected chi connectivity index (χ2v) is 9.91. The van der Waals surface area contributed by atoms with Crippen molar-refractivity contribution in [1.29, 1.82) is 0 Å². The van der Waals surface area contributed by atoms with Gasteiger partial charge in [0.05, 0.1) is 0 Å². The Kier molecular flexibility index (Phi) is 22.3. The van der Waals surface area contributed by atoms with Gasteiger partial charge in [0, 0.05) is 5.57 Å².